The lowest BCUT2D eigenvalue weighted by Crippen LogP contribution is -2.34. The standard InChI is InChI=1S/C11H16O2/c1-8-10-4-2-3-9(10)7-11(8)12-5-6-13-11/h2,4,8-10H,3,5-7H2,1H3/t8-,9+,10-/m0/s1. The van der Waals surface area contributed by atoms with E-state index < -0.39 is 0 Å². The molecular weight excluding hydrogens is 164 g/mol. The zero-order valence-corrected chi connectivity index (χ0v) is 8.03. The molecule has 13 heavy (non-hydrogen) atoms. The summed E-state index contributed by atoms with van der Waals surface area (Å²) in [6.45, 7) is 3.84. The van der Waals surface area contributed by atoms with Crippen LogP contribution in [0.2, 0.25) is 0 Å². The van der Waals surface area contributed by atoms with Crippen molar-refractivity contribution < 1.29 is 9.47 Å². The van der Waals surface area contributed by atoms with Gasteiger partial charge in [-0.05, 0) is 18.3 Å². The van der Waals surface area contributed by atoms with Gasteiger partial charge in [-0.3, -0.25) is 0 Å². The minimum Gasteiger partial charge on any atom is -0.347 e. The molecule has 3 atom stereocenters. The van der Waals surface area contributed by atoms with Crippen molar-refractivity contribution in [2.45, 2.75) is 25.6 Å². The predicted molar refractivity (Wildman–Crippen MR) is 49.2 cm³/mol. The van der Waals surface area contributed by atoms with E-state index in [1.165, 1.54) is 6.42 Å². The van der Waals surface area contributed by atoms with E-state index in [2.05, 4.69) is 19.1 Å². The van der Waals surface area contributed by atoms with Crippen LogP contribution in [-0.2, 0) is 9.47 Å². The molecule has 0 aromatic rings. The molecule has 72 valence electrons. The minimum atomic E-state index is -0.208. The summed E-state index contributed by atoms with van der Waals surface area (Å²) in [6, 6.07) is 0. The van der Waals surface area contributed by atoms with Gasteiger partial charge in [0.1, 0.15) is 0 Å². The first-order valence-electron chi connectivity index (χ1n) is 5.26. The molecule has 0 bridgehead atoms. The number of allylic oxidation sites excluding steroid dienone is 2. The molecule has 2 nitrogen and oxygen atoms in total. The van der Waals surface area contributed by atoms with E-state index in [9.17, 15) is 0 Å². The number of rotatable bonds is 0. The van der Waals surface area contributed by atoms with E-state index in [0.717, 1.165) is 25.6 Å². The van der Waals surface area contributed by atoms with Gasteiger partial charge < -0.3 is 9.47 Å². The highest BCUT2D eigenvalue weighted by Crippen LogP contribution is 2.52. The highest BCUT2D eigenvalue weighted by Gasteiger charge is 2.54. The average molecular weight is 180 g/mol. The van der Waals surface area contributed by atoms with Crippen molar-refractivity contribution >= 4 is 0 Å². The van der Waals surface area contributed by atoms with Gasteiger partial charge in [0.25, 0.3) is 0 Å². The number of hydrogen-bond acceptors (Lipinski definition) is 2. The fraction of sp³-hybridized carbons (Fsp3) is 0.818. The molecule has 3 aliphatic rings. The summed E-state index contributed by atoms with van der Waals surface area (Å²) in [4.78, 5) is 0. The molecule has 0 aromatic carbocycles. The van der Waals surface area contributed by atoms with E-state index in [-0.39, 0.29) is 5.79 Å². The van der Waals surface area contributed by atoms with Crippen LogP contribution in [0.1, 0.15) is 19.8 Å². The summed E-state index contributed by atoms with van der Waals surface area (Å²) in [5.41, 5.74) is 0. The summed E-state index contributed by atoms with van der Waals surface area (Å²) in [5, 5.41) is 0. The predicted octanol–water partition coefficient (Wildman–Crippen LogP) is 1.96. The molecule has 1 saturated carbocycles. The van der Waals surface area contributed by atoms with E-state index >= 15 is 0 Å². The van der Waals surface area contributed by atoms with Crippen molar-refractivity contribution in [1.29, 1.82) is 0 Å². The maximum absolute atomic E-state index is 5.79. The van der Waals surface area contributed by atoms with Gasteiger partial charge in [-0.25, -0.2) is 0 Å². The Morgan fingerprint density at radius 3 is 2.77 bits per heavy atom. The highest BCUT2D eigenvalue weighted by atomic mass is 16.7. The summed E-state index contributed by atoms with van der Waals surface area (Å²) in [5.74, 6) is 1.82. The molecule has 0 N–H and O–H groups in total. The maximum atomic E-state index is 5.79. The molecule has 1 aliphatic heterocycles. The first-order valence-corrected chi connectivity index (χ1v) is 5.26. The van der Waals surface area contributed by atoms with Crippen molar-refractivity contribution in [1.82, 2.24) is 0 Å². The molecule has 1 saturated heterocycles. The SMILES string of the molecule is C[C@H]1[C@@H]2C=CC[C@@H]2CC12OCCO2. The van der Waals surface area contributed by atoms with Crippen LogP contribution in [0.3, 0.4) is 0 Å². The van der Waals surface area contributed by atoms with Gasteiger partial charge >= 0.3 is 0 Å². The Balaban J connectivity index is 1.89. The van der Waals surface area contributed by atoms with Crippen LogP contribution in [0.4, 0.5) is 0 Å². The van der Waals surface area contributed by atoms with Crippen LogP contribution in [0.25, 0.3) is 0 Å². The van der Waals surface area contributed by atoms with Crippen molar-refractivity contribution in [2.24, 2.45) is 17.8 Å². The Kier molecular flexibility index (Phi) is 1.59. The average Bonchev–Trinajstić information content (AvgIpc) is 2.76. The fourth-order valence-corrected chi connectivity index (χ4v) is 3.21. The van der Waals surface area contributed by atoms with Gasteiger partial charge in [-0.2, -0.15) is 0 Å². The molecule has 2 aliphatic carbocycles. The van der Waals surface area contributed by atoms with Crippen LogP contribution < -0.4 is 0 Å². The fourth-order valence-electron chi connectivity index (χ4n) is 3.21. The first-order chi connectivity index (χ1) is 6.32. The lowest BCUT2D eigenvalue weighted by molar-refractivity contribution is -0.181. The molecule has 0 aromatic heterocycles. The summed E-state index contributed by atoms with van der Waals surface area (Å²) in [7, 11) is 0. The highest BCUT2D eigenvalue weighted by molar-refractivity contribution is 5.11. The Morgan fingerprint density at radius 1 is 1.31 bits per heavy atom. The van der Waals surface area contributed by atoms with Crippen molar-refractivity contribution in [3.8, 4) is 0 Å². The van der Waals surface area contributed by atoms with E-state index in [4.69, 9.17) is 9.47 Å². The van der Waals surface area contributed by atoms with Crippen LogP contribution in [0.15, 0.2) is 12.2 Å². The van der Waals surface area contributed by atoms with Crippen molar-refractivity contribution in [3.05, 3.63) is 12.2 Å². The third-order valence-electron chi connectivity index (χ3n) is 3.94. The van der Waals surface area contributed by atoms with Crippen LogP contribution in [0, 0.1) is 17.8 Å². The largest absolute Gasteiger partial charge is 0.347 e. The van der Waals surface area contributed by atoms with Gasteiger partial charge in [-0.15, -0.1) is 0 Å². The van der Waals surface area contributed by atoms with Crippen LogP contribution >= 0.6 is 0 Å². The molecule has 3 rings (SSSR count). The lowest BCUT2D eigenvalue weighted by Gasteiger charge is -2.28. The van der Waals surface area contributed by atoms with Gasteiger partial charge in [0, 0.05) is 12.3 Å². The van der Waals surface area contributed by atoms with Crippen molar-refractivity contribution in [3.63, 3.8) is 0 Å². The molecule has 2 heteroatoms. The second-order valence-corrected chi connectivity index (χ2v) is 4.50. The third kappa shape index (κ3) is 0.960. The quantitative estimate of drug-likeness (QED) is 0.530. The molecule has 2 fully saturated rings. The summed E-state index contributed by atoms with van der Waals surface area (Å²) in [6.07, 6.45) is 7.00. The van der Waals surface area contributed by atoms with E-state index in [0.29, 0.717) is 11.8 Å². The second kappa shape index (κ2) is 2.58. The number of ether oxygens (including phenoxy) is 2. The maximum Gasteiger partial charge on any atom is 0.171 e. The topological polar surface area (TPSA) is 18.5 Å². The van der Waals surface area contributed by atoms with Crippen LogP contribution in [-0.4, -0.2) is 19.0 Å². The Labute approximate surface area is 78.9 Å². The van der Waals surface area contributed by atoms with E-state index in [1.54, 1.807) is 0 Å². The Bertz CT molecular complexity index is 240. The summed E-state index contributed by atoms with van der Waals surface area (Å²) >= 11 is 0. The third-order valence-corrected chi connectivity index (χ3v) is 3.94. The first kappa shape index (κ1) is 8.01. The Hall–Kier alpha value is -0.340. The normalized spacial score (nSPS) is 46.1. The molecule has 0 radical (unpaired) electrons. The van der Waals surface area contributed by atoms with E-state index in [1.807, 2.05) is 0 Å². The van der Waals surface area contributed by atoms with Crippen LogP contribution in [0.5, 0.6) is 0 Å². The molecule has 0 unspecified atom stereocenters. The van der Waals surface area contributed by atoms with Gasteiger partial charge in [0.2, 0.25) is 0 Å². The Morgan fingerprint density at radius 2 is 2.08 bits per heavy atom. The summed E-state index contributed by atoms with van der Waals surface area (Å²) < 4.78 is 11.6. The molecular formula is C11H16O2. The van der Waals surface area contributed by atoms with Gasteiger partial charge in [0.05, 0.1) is 13.2 Å². The zero-order chi connectivity index (χ0) is 8.89. The zero-order valence-electron chi connectivity index (χ0n) is 8.03. The molecule has 1 spiro atoms. The molecule has 1 heterocycles. The smallest absolute Gasteiger partial charge is 0.171 e. The van der Waals surface area contributed by atoms with Crippen molar-refractivity contribution in [2.75, 3.05) is 13.2 Å². The molecule has 0 amide bonds. The number of fused-ring (bicyclic) bond motifs is 1. The van der Waals surface area contributed by atoms with Gasteiger partial charge in [0.15, 0.2) is 5.79 Å². The minimum absolute atomic E-state index is 0.208. The second-order valence-electron chi connectivity index (χ2n) is 4.50. The number of hydrogen-bond donors (Lipinski definition) is 0. The monoisotopic (exact) mass is 180 g/mol. The van der Waals surface area contributed by atoms with Gasteiger partial charge in [-0.1, -0.05) is 19.1 Å². The lowest BCUT2D eigenvalue weighted by atomic mass is 9.93.